The summed E-state index contributed by atoms with van der Waals surface area (Å²) < 4.78 is 21.1. The molecule has 0 amide bonds. The normalized spacial score (nSPS) is 19.1. The van der Waals surface area contributed by atoms with E-state index in [0.29, 0.717) is 0 Å². The summed E-state index contributed by atoms with van der Waals surface area (Å²) in [5.74, 6) is 0. The summed E-state index contributed by atoms with van der Waals surface area (Å²) in [4.78, 5) is 0. The molecule has 0 bridgehead atoms. The molecule has 3 unspecified atom stereocenters. The molecule has 156 valence electrons. The lowest BCUT2D eigenvalue weighted by Gasteiger charge is -2.51. The van der Waals surface area contributed by atoms with Gasteiger partial charge in [0, 0.05) is 5.22 Å². The highest BCUT2D eigenvalue weighted by molar-refractivity contribution is 6.88. The third kappa shape index (κ3) is 5.74. The van der Waals surface area contributed by atoms with Crippen molar-refractivity contribution < 1.29 is 13.0 Å². The van der Waals surface area contributed by atoms with E-state index in [4.69, 9.17) is 13.0 Å². The lowest BCUT2D eigenvalue weighted by Crippen LogP contribution is -2.74. The fourth-order valence-corrected chi connectivity index (χ4v) is 15.5. The second-order valence-corrected chi connectivity index (χ2v) is 20.8. The molecule has 0 fully saturated rings. The molecule has 0 aliphatic carbocycles. The van der Waals surface area contributed by atoms with Gasteiger partial charge in [-0.05, 0) is 58.1 Å². The average molecular weight is 443 g/mol. The molecule has 0 saturated heterocycles. The Morgan fingerprint density at radius 2 is 1.41 bits per heavy atom. The van der Waals surface area contributed by atoms with Gasteiger partial charge >= 0.3 is 8.56 Å². The predicted molar refractivity (Wildman–Crippen MR) is 129 cm³/mol. The molecule has 0 aliphatic heterocycles. The van der Waals surface area contributed by atoms with Crippen molar-refractivity contribution in [2.45, 2.75) is 90.3 Å². The van der Waals surface area contributed by atoms with Gasteiger partial charge in [-0.25, -0.2) is 0 Å². The maximum atomic E-state index is 7.30. The predicted octanol–water partition coefficient (Wildman–Crippen LogP) is 4.25. The molecule has 7 heteroatoms. The third-order valence-corrected chi connectivity index (χ3v) is 17.1. The van der Waals surface area contributed by atoms with Crippen molar-refractivity contribution in [3.63, 3.8) is 0 Å². The van der Waals surface area contributed by atoms with Crippen LogP contribution in [0.5, 0.6) is 0 Å². The van der Waals surface area contributed by atoms with Crippen LogP contribution in [0.4, 0.5) is 0 Å². The minimum Gasteiger partial charge on any atom is -0.434 e. The molecule has 0 heterocycles. The van der Waals surface area contributed by atoms with Gasteiger partial charge in [-0.15, -0.1) is 0 Å². The van der Waals surface area contributed by atoms with E-state index < -0.39 is 35.4 Å². The smallest absolute Gasteiger partial charge is 0.393 e. The van der Waals surface area contributed by atoms with Crippen molar-refractivity contribution >= 4 is 40.6 Å². The Morgan fingerprint density at radius 3 is 1.78 bits per heavy atom. The Labute approximate surface area is 174 Å². The number of hydrogen-bond donors (Lipinski definition) is 0. The first-order valence-electron chi connectivity index (χ1n) is 10.6. The van der Waals surface area contributed by atoms with Gasteiger partial charge in [0.15, 0.2) is 18.1 Å². The van der Waals surface area contributed by atoms with E-state index in [2.05, 4.69) is 97.3 Å². The van der Waals surface area contributed by atoms with Crippen molar-refractivity contribution in [3.05, 3.63) is 30.3 Å². The van der Waals surface area contributed by atoms with E-state index in [1.165, 1.54) is 5.19 Å². The second kappa shape index (κ2) is 10.1. The third-order valence-electron chi connectivity index (χ3n) is 5.72. The van der Waals surface area contributed by atoms with E-state index in [1.54, 1.807) is 0 Å². The molecule has 27 heavy (non-hydrogen) atoms. The maximum absolute atomic E-state index is 7.30. The number of benzene rings is 1. The van der Waals surface area contributed by atoms with Crippen LogP contribution in [0, 0.1) is 0 Å². The summed E-state index contributed by atoms with van der Waals surface area (Å²) in [6.45, 7) is 22.8. The minimum atomic E-state index is -2.86. The molecule has 0 aromatic heterocycles. The number of rotatable bonds is 11. The Bertz CT molecular complexity index is 570. The fraction of sp³-hybridized carbons (Fsp3) is 0.700. The molecule has 0 spiro atoms. The Morgan fingerprint density at radius 1 is 0.852 bits per heavy atom. The molecule has 1 aromatic rings. The molecule has 0 aliphatic rings. The van der Waals surface area contributed by atoms with E-state index >= 15 is 0 Å². The van der Waals surface area contributed by atoms with Crippen molar-refractivity contribution in [3.8, 4) is 0 Å². The standard InChI is InChI=1S/C20H42O3Si4/c1-11-19(3,24(5)6)22-27(23-26(9)10,18-16-14-13-15-17-18)20(4,12-2)21-25(7)8/h13-17,24-26H,11-12H2,1-10H3. The summed E-state index contributed by atoms with van der Waals surface area (Å²) in [5, 5.41) is 0.731. The first-order valence-corrected chi connectivity index (χ1v) is 20.8. The van der Waals surface area contributed by atoms with Crippen LogP contribution in [0.2, 0.25) is 39.3 Å². The van der Waals surface area contributed by atoms with Crippen molar-refractivity contribution in [2.75, 3.05) is 0 Å². The highest BCUT2D eigenvalue weighted by Gasteiger charge is 2.60. The highest BCUT2D eigenvalue weighted by Crippen LogP contribution is 2.36. The van der Waals surface area contributed by atoms with Crippen molar-refractivity contribution in [1.82, 2.24) is 0 Å². The average Bonchev–Trinajstić information content (AvgIpc) is 2.60. The van der Waals surface area contributed by atoms with Gasteiger partial charge in [-0.3, -0.25) is 0 Å². The van der Waals surface area contributed by atoms with Crippen LogP contribution >= 0.6 is 0 Å². The molecular weight excluding hydrogens is 401 g/mol. The van der Waals surface area contributed by atoms with Crippen LogP contribution in [0.15, 0.2) is 30.3 Å². The first kappa shape index (κ1) is 25.0. The van der Waals surface area contributed by atoms with Gasteiger partial charge in [-0.2, -0.15) is 0 Å². The fourth-order valence-electron chi connectivity index (χ4n) is 3.52. The second-order valence-electron chi connectivity index (χ2n) is 8.82. The molecule has 0 radical (unpaired) electrons. The van der Waals surface area contributed by atoms with Crippen LogP contribution in [0.3, 0.4) is 0 Å². The molecule has 3 atom stereocenters. The monoisotopic (exact) mass is 442 g/mol. The van der Waals surface area contributed by atoms with Crippen LogP contribution in [-0.2, 0) is 13.0 Å². The topological polar surface area (TPSA) is 27.7 Å². The van der Waals surface area contributed by atoms with E-state index in [1.807, 2.05) is 0 Å². The Kier molecular flexibility index (Phi) is 9.38. The summed E-state index contributed by atoms with van der Waals surface area (Å²) in [6.07, 6.45) is 1.92. The van der Waals surface area contributed by atoms with Crippen LogP contribution in [0.1, 0.15) is 40.5 Å². The van der Waals surface area contributed by atoms with Crippen molar-refractivity contribution in [2.24, 2.45) is 0 Å². The van der Waals surface area contributed by atoms with Gasteiger partial charge in [0.05, 0.1) is 14.0 Å². The Balaban J connectivity index is 3.73. The maximum Gasteiger partial charge on any atom is 0.393 e. The quantitative estimate of drug-likeness (QED) is 0.479. The molecular formula is C20H42O3Si4. The van der Waals surface area contributed by atoms with Gasteiger partial charge in [-0.1, -0.05) is 57.3 Å². The summed E-state index contributed by atoms with van der Waals surface area (Å²) in [7, 11) is -6.60. The molecule has 1 aromatic carbocycles. The minimum absolute atomic E-state index is 0.107. The van der Waals surface area contributed by atoms with Gasteiger partial charge in [0.2, 0.25) is 0 Å². The summed E-state index contributed by atoms with van der Waals surface area (Å²) >= 11 is 0. The first-order chi connectivity index (χ1) is 12.5. The SMILES string of the molecule is CCC(C)(O[Si](O[SiH](C)C)(c1ccccc1)C(C)(CC)O[SiH](C)C)[SiH](C)C. The zero-order valence-corrected chi connectivity index (χ0v) is 23.7. The van der Waals surface area contributed by atoms with Crippen LogP contribution < -0.4 is 5.19 Å². The zero-order chi connectivity index (χ0) is 20.9. The van der Waals surface area contributed by atoms with Gasteiger partial charge in [0.1, 0.15) is 0 Å². The summed E-state index contributed by atoms with van der Waals surface area (Å²) in [6, 6.07) is 10.7. The number of hydrogen-bond acceptors (Lipinski definition) is 3. The molecule has 0 saturated carbocycles. The lowest BCUT2D eigenvalue weighted by atomic mass is 10.3. The van der Waals surface area contributed by atoms with E-state index in [9.17, 15) is 0 Å². The van der Waals surface area contributed by atoms with E-state index in [-0.39, 0.29) is 10.4 Å². The van der Waals surface area contributed by atoms with Gasteiger partial charge < -0.3 is 13.0 Å². The van der Waals surface area contributed by atoms with Gasteiger partial charge in [0.25, 0.3) is 0 Å². The zero-order valence-electron chi connectivity index (χ0n) is 19.3. The molecule has 1 rings (SSSR count). The molecule has 3 nitrogen and oxygen atoms in total. The van der Waals surface area contributed by atoms with E-state index in [0.717, 1.165) is 12.8 Å². The lowest BCUT2D eigenvalue weighted by molar-refractivity contribution is 0.0523. The highest BCUT2D eigenvalue weighted by atomic mass is 28.4. The van der Waals surface area contributed by atoms with Crippen LogP contribution in [0.25, 0.3) is 0 Å². The van der Waals surface area contributed by atoms with Crippen molar-refractivity contribution in [1.29, 1.82) is 0 Å². The Hall–Kier alpha value is -0.0325. The van der Waals surface area contributed by atoms with Crippen LogP contribution in [-0.4, -0.2) is 45.9 Å². The largest absolute Gasteiger partial charge is 0.434 e. The molecule has 0 N–H and O–H groups in total. The summed E-state index contributed by atoms with van der Waals surface area (Å²) in [5.41, 5.74) is 0.